The minimum absolute atomic E-state index is 0.0697. The number of hydrogen-bond donors (Lipinski definition) is 0. The van der Waals surface area contributed by atoms with Crippen LogP contribution in [0.3, 0.4) is 0 Å². The molecule has 3 aromatic rings. The highest BCUT2D eigenvalue weighted by Gasteiger charge is 2.39. The monoisotopic (exact) mass is 386 g/mol. The number of carbonyl (C=O) groups excluding carboxylic acids is 1. The van der Waals surface area contributed by atoms with Gasteiger partial charge >= 0.3 is 6.18 Å². The molecular weight excluding hydrogens is 369 g/mol. The van der Waals surface area contributed by atoms with Gasteiger partial charge in [-0.2, -0.15) is 13.2 Å². The molecule has 3 aromatic carbocycles. The molecule has 0 radical (unpaired) electrons. The maximum absolute atomic E-state index is 13.7. The normalized spacial score (nSPS) is 11.1. The highest BCUT2D eigenvalue weighted by molar-refractivity contribution is 5.80. The SMILES string of the molecule is O=Cc1ccc(OCc2ccccc2)c(OCc2ccccc2)c1C(F)(F)F. The summed E-state index contributed by atoms with van der Waals surface area (Å²) in [6, 6.07) is 20.3. The third kappa shape index (κ3) is 4.71. The van der Waals surface area contributed by atoms with Crippen LogP contribution in [0.15, 0.2) is 72.8 Å². The van der Waals surface area contributed by atoms with E-state index in [0.717, 1.165) is 11.6 Å². The Labute approximate surface area is 160 Å². The molecule has 0 spiro atoms. The van der Waals surface area contributed by atoms with Gasteiger partial charge in [-0.15, -0.1) is 0 Å². The van der Waals surface area contributed by atoms with Crippen LogP contribution in [0.1, 0.15) is 27.0 Å². The lowest BCUT2D eigenvalue weighted by molar-refractivity contribution is -0.139. The van der Waals surface area contributed by atoms with Crippen LogP contribution in [-0.4, -0.2) is 6.29 Å². The Bertz CT molecular complexity index is 923. The first-order valence-electron chi connectivity index (χ1n) is 8.52. The van der Waals surface area contributed by atoms with Crippen LogP contribution in [-0.2, 0) is 19.4 Å². The second-order valence-corrected chi connectivity index (χ2v) is 6.02. The Balaban J connectivity index is 1.96. The number of ether oxygens (including phenoxy) is 2. The van der Waals surface area contributed by atoms with Crippen molar-refractivity contribution in [2.75, 3.05) is 0 Å². The Morgan fingerprint density at radius 1 is 0.750 bits per heavy atom. The van der Waals surface area contributed by atoms with Crippen LogP contribution in [0.4, 0.5) is 13.2 Å². The molecule has 0 aliphatic rings. The van der Waals surface area contributed by atoms with E-state index in [1.807, 2.05) is 18.2 Å². The number of carbonyl (C=O) groups is 1. The summed E-state index contributed by atoms with van der Waals surface area (Å²) in [5.41, 5.74) is -0.141. The van der Waals surface area contributed by atoms with Gasteiger partial charge in [0.05, 0.1) is 0 Å². The average molecular weight is 386 g/mol. The van der Waals surface area contributed by atoms with Crippen molar-refractivity contribution in [1.82, 2.24) is 0 Å². The molecule has 0 N–H and O–H groups in total. The van der Waals surface area contributed by atoms with E-state index in [-0.39, 0.29) is 25.2 Å². The molecule has 0 saturated heterocycles. The van der Waals surface area contributed by atoms with Crippen LogP contribution in [0.25, 0.3) is 0 Å². The molecule has 0 amide bonds. The average Bonchev–Trinajstić information content (AvgIpc) is 2.71. The van der Waals surface area contributed by atoms with Gasteiger partial charge in [-0.25, -0.2) is 0 Å². The third-order valence-corrected chi connectivity index (χ3v) is 4.03. The summed E-state index contributed by atoms with van der Waals surface area (Å²) in [4.78, 5) is 11.2. The molecule has 0 aromatic heterocycles. The zero-order chi connectivity index (χ0) is 20.0. The molecule has 3 nitrogen and oxygen atoms in total. The molecule has 0 bridgehead atoms. The molecule has 0 unspecified atom stereocenters. The molecule has 144 valence electrons. The van der Waals surface area contributed by atoms with Crippen molar-refractivity contribution in [3.05, 3.63) is 95.1 Å². The summed E-state index contributed by atoms with van der Waals surface area (Å²) in [7, 11) is 0. The lowest BCUT2D eigenvalue weighted by Gasteiger charge is -2.19. The van der Waals surface area contributed by atoms with Gasteiger partial charge < -0.3 is 9.47 Å². The van der Waals surface area contributed by atoms with E-state index in [2.05, 4.69) is 0 Å². The molecule has 0 aliphatic carbocycles. The van der Waals surface area contributed by atoms with Gasteiger partial charge in [0, 0.05) is 5.56 Å². The second-order valence-electron chi connectivity index (χ2n) is 6.02. The molecule has 0 heterocycles. The molecule has 6 heteroatoms. The van der Waals surface area contributed by atoms with Gasteiger partial charge in [-0.1, -0.05) is 60.7 Å². The molecule has 0 fully saturated rings. The molecule has 28 heavy (non-hydrogen) atoms. The topological polar surface area (TPSA) is 35.5 Å². The number of alkyl halides is 3. The number of rotatable bonds is 7. The predicted octanol–water partition coefficient (Wildman–Crippen LogP) is 5.68. The summed E-state index contributed by atoms with van der Waals surface area (Å²) in [5.74, 6) is -0.561. The van der Waals surface area contributed by atoms with Crippen molar-refractivity contribution in [3.8, 4) is 11.5 Å². The van der Waals surface area contributed by atoms with Gasteiger partial charge in [0.1, 0.15) is 18.8 Å². The zero-order valence-electron chi connectivity index (χ0n) is 14.8. The van der Waals surface area contributed by atoms with Gasteiger partial charge in [-0.05, 0) is 23.3 Å². The number of halogens is 3. The van der Waals surface area contributed by atoms with E-state index < -0.39 is 23.1 Å². The molecular formula is C22H17F3O3. The lowest BCUT2D eigenvalue weighted by Crippen LogP contribution is -2.13. The van der Waals surface area contributed by atoms with Gasteiger partial charge in [0.25, 0.3) is 0 Å². The number of aldehydes is 1. The van der Waals surface area contributed by atoms with Crippen molar-refractivity contribution < 1.29 is 27.4 Å². The first kappa shape index (κ1) is 19.5. The maximum Gasteiger partial charge on any atom is 0.420 e. The Hall–Kier alpha value is -3.28. The Morgan fingerprint density at radius 3 is 1.79 bits per heavy atom. The minimum Gasteiger partial charge on any atom is -0.485 e. The van der Waals surface area contributed by atoms with E-state index in [1.54, 1.807) is 42.5 Å². The van der Waals surface area contributed by atoms with E-state index in [4.69, 9.17) is 9.47 Å². The summed E-state index contributed by atoms with van der Waals surface area (Å²) >= 11 is 0. The molecule has 0 saturated carbocycles. The first-order valence-corrected chi connectivity index (χ1v) is 8.52. The molecule has 0 atom stereocenters. The maximum atomic E-state index is 13.7. The van der Waals surface area contributed by atoms with Crippen molar-refractivity contribution in [2.24, 2.45) is 0 Å². The molecule has 3 rings (SSSR count). The number of benzene rings is 3. The van der Waals surface area contributed by atoms with E-state index in [1.165, 1.54) is 6.07 Å². The first-order chi connectivity index (χ1) is 13.5. The largest absolute Gasteiger partial charge is 0.485 e. The van der Waals surface area contributed by atoms with Crippen LogP contribution in [0.5, 0.6) is 11.5 Å². The summed E-state index contributed by atoms with van der Waals surface area (Å²) in [6.45, 7) is -0.0196. The summed E-state index contributed by atoms with van der Waals surface area (Å²) in [6.07, 6.45) is -4.60. The third-order valence-electron chi connectivity index (χ3n) is 4.03. The Kier molecular flexibility index (Phi) is 5.99. The van der Waals surface area contributed by atoms with Crippen LogP contribution >= 0.6 is 0 Å². The van der Waals surface area contributed by atoms with E-state index in [0.29, 0.717) is 5.56 Å². The van der Waals surface area contributed by atoms with Crippen LogP contribution in [0, 0.1) is 0 Å². The fourth-order valence-electron chi connectivity index (χ4n) is 2.69. The highest BCUT2D eigenvalue weighted by Crippen LogP contribution is 2.44. The van der Waals surface area contributed by atoms with Crippen molar-refractivity contribution in [2.45, 2.75) is 19.4 Å². The van der Waals surface area contributed by atoms with Crippen molar-refractivity contribution in [3.63, 3.8) is 0 Å². The van der Waals surface area contributed by atoms with E-state index in [9.17, 15) is 18.0 Å². The van der Waals surface area contributed by atoms with Crippen molar-refractivity contribution in [1.29, 1.82) is 0 Å². The highest BCUT2D eigenvalue weighted by atomic mass is 19.4. The van der Waals surface area contributed by atoms with Crippen LogP contribution < -0.4 is 9.47 Å². The summed E-state index contributed by atoms with van der Waals surface area (Å²) < 4.78 is 52.1. The van der Waals surface area contributed by atoms with Crippen LogP contribution in [0.2, 0.25) is 0 Å². The second kappa shape index (κ2) is 8.61. The Morgan fingerprint density at radius 2 is 1.29 bits per heavy atom. The van der Waals surface area contributed by atoms with Gasteiger partial charge in [0.15, 0.2) is 17.8 Å². The fourth-order valence-corrected chi connectivity index (χ4v) is 2.69. The standard InChI is InChI=1S/C22H17F3O3/c23-22(24,25)20-18(13-26)11-12-19(27-14-16-7-3-1-4-8-16)21(20)28-15-17-9-5-2-6-10-17/h1-13H,14-15H2. The van der Waals surface area contributed by atoms with Crippen molar-refractivity contribution >= 4 is 6.29 Å². The zero-order valence-corrected chi connectivity index (χ0v) is 14.8. The smallest absolute Gasteiger partial charge is 0.420 e. The predicted molar refractivity (Wildman–Crippen MR) is 98.4 cm³/mol. The summed E-state index contributed by atoms with van der Waals surface area (Å²) in [5, 5.41) is 0. The lowest BCUT2D eigenvalue weighted by atomic mass is 10.1. The number of hydrogen-bond acceptors (Lipinski definition) is 3. The van der Waals surface area contributed by atoms with Gasteiger partial charge in [-0.3, -0.25) is 4.79 Å². The quantitative estimate of drug-likeness (QED) is 0.491. The fraction of sp³-hybridized carbons (Fsp3) is 0.136. The van der Waals surface area contributed by atoms with Gasteiger partial charge in [0.2, 0.25) is 0 Å². The van der Waals surface area contributed by atoms with E-state index >= 15 is 0 Å². The minimum atomic E-state index is -4.77. The molecule has 0 aliphatic heterocycles.